The van der Waals surface area contributed by atoms with Crippen molar-refractivity contribution >= 4 is 28.8 Å². The first-order valence-electron chi connectivity index (χ1n) is 11.9. The van der Waals surface area contributed by atoms with Gasteiger partial charge in [0.15, 0.2) is 12.4 Å². The van der Waals surface area contributed by atoms with Gasteiger partial charge in [-0.15, -0.1) is 0 Å². The number of para-hydroxylation sites is 1. The quantitative estimate of drug-likeness (QED) is 0.349. The summed E-state index contributed by atoms with van der Waals surface area (Å²) in [6, 6.07) is 18.4. The van der Waals surface area contributed by atoms with E-state index in [0.717, 1.165) is 28.0 Å². The van der Waals surface area contributed by atoms with Crippen LogP contribution in [0.15, 0.2) is 77.9 Å². The average molecular weight is 480 g/mol. The molecule has 0 spiro atoms. The summed E-state index contributed by atoms with van der Waals surface area (Å²) < 4.78 is 3.10. The summed E-state index contributed by atoms with van der Waals surface area (Å²) >= 11 is 0. The zero-order valence-corrected chi connectivity index (χ0v) is 20.7. The molecule has 5 rings (SSSR count). The molecule has 7 nitrogen and oxygen atoms in total. The molecule has 4 aromatic rings. The van der Waals surface area contributed by atoms with Crippen molar-refractivity contribution in [2.75, 3.05) is 4.90 Å². The predicted molar refractivity (Wildman–Crippen MR) is 139 cm³/mol. The van der Waals surface area contributed by atoms with Gasteiger partial charge in [0.1, 0.15) is 5.57 Å². The first-order valence-corrected chi connectivity index (χ1v) is 11.9. The van der Waals surface area contributed by atoms with Crippen molar-refractivity contribution in [3.8, 4) is 5.69 Å². The molecule has 0 saturated heterocycles. The Hall–Kier alpha value is -4.52. The number of imide groups is 1. The van der Waals surface area contributed by atoms with Crippen molar-refractivity contribution in [3.63, 3.8) is 0 Å². The van der Waals surface area contributed by atoms with Gasteiger partial charge in [-0.1, -0.05) is 42.8 Å². The first kappa shape index (κ1) is 23.2. The van der Waals surface area contributed by atoms with Gasteiger partial charge in [-0.2, -0.15) is 4.57 Å². The van der Waals surface area contributed by atoms with Gasteiger partial charge in [0.2, 0.25) is 0 Å². The molecule has 7 heteroatoms. The molecule has 2 amide bonds. The third-order valence-corrected chi connectivity index (χ3v) is 6.52. The SMILES string of the molecule is CCc1ccc[n+](C2=C(c3c(C)[nH]n(-c4ccc(C)cc4C)c3=O)C(=O)N(c3ccccc3)C2=O)c1. The number of nitrogens with zero attached hydrogens (tertiary/aromatic N) is 3. The van der Waals surface area contributed by atoms with Crippen molar-refractivity contribution in [3.05, 3.63) is 111 Å². The number of amides is 2. The number of carbonyl (C=O) groups is 2. The van der Waals surface area contributed by atoms with Crippen molar-refractivity contribution in [1.29, 1.82) is 0 Å². The van der Waals surface area contributed by atoms with Crippen LogP contribution < -0.4 is 15.0 Å². The van der Waals surface area contributed by atoms with Gasteiger partial charge in [0, 0.05) is 17.3 Å². The van der Waals surface area contributed by atoms with Crippen molar-refractivity contribution in [2.45, 2.75) is 34.1 Å². The van der Waals surface area contributed by atoms with Crippen LogP contribution in [-0.4, -0.2) is 21.6 Å². The van der Waals surface area contributed by atoms with E-state index in [-0.39, 0.29) is 22.4 Å². The molecule has 0 aliphatic carbocycles. The number of aryl methyl sites for hydroxylation is 4. The maximum absolute atomic E-state index is 13.9. The number of aromatic amines is 1. The van der Waals surface area contributed by atoms with Gasteiger partial charge >= 0.3 is 5.91 Å². The van der Waals surface area contributed by atoms with Crippen LogP contribution in [0.3, 0.4) is 0 Å². The molecule has 0 fully saturated rings. The largest absolute Gasteiger partial charge is 0.331 e. The number of H-pyrrole nitrogens is 1. The second-order valence-corrected chi connectivity index (χ2v) is 9.02. The number of anilines is 1. The predicted octanol–water partition coefficient (Wildman–Crippen LogP) is 3.88. The number of hydrogen-bond donors (Lipinski definition) is 1. The second-order valence-electron chi connectivity index (χ2n) is 9.02. The third kappa shape index (κ3) is 3.69. The number of rotatable bonds is 5. The zero-order valence-electron chi connectivity index (χ0n) is 20.7. The highest BCUT2D eigenvalue weighted by Gasteiger charge is 2.48. The molecule has 2 aromatic carbocycles. The highest BCUT2D eigenvalue weighted by atomic mass is 16.2. The van der Waals surface area contributed by atoms with Gasteiger partial charge < -0.3 is 0 Å². The zero-order chi connectivity index (χ0) is 25.6. The van der Waals surface area contributed by atoms with Gasteiger partial charge in [-0.3, -0.25) is 19.5 Å². The molecule has 3 heterocycles. The average Bonchev–Trinajstić information content (AvgIpc) is 3.30. The molecule has 0 unspecified atom stereocenters. The fourth-order valence-electron chi connectivity index (χ4n) is 4.73. The lowest BCUT2D eigenvalue weighted by Gasteiger charge is -2.13. The van der Waals surface area contributed by atoms with Crippen LogP contribution >= 0.6 is 0 Å². The van der Waals surface area contributed by atoms with Crippen LogP contribution in [0.4, 0.5) is 5.69 Å². The topological polar surface area (TPSA) is 79.1 Å². The van der Waals surface area contributed by atoms with Crippen molar-refractivity contribution in [2.24, 2.45) is 0 Å². The lowest BCUT2D eigenvalue weighted by molar-refractivity contribution is -0.577. The minimum absolute atomic E-state index is 0.0874. The summed E-state index contributed by atoms with van der Waals surface area (Å²) in [5, 5.41) is 3.13. The Balaban J connectivity index is 1.77. The minimum Gasteiger partial charge on any atom is -0.295 e. The van der Waals surface area contributed by atoms with Crippen LogP contribution in [0.2, 0.25) is 0 Å². The van der Waals surface area contributed by atoms with Gasteiger partial charge in [-0.25, -0.2) is 9.58 Å². The molecule has 180 valence electrons. The Morgan fingerprint density at radius 1 is 0.889 bits per heavy atom. The summed E-state index contributed by atoms with van der Waals surface area (Å²) in [7, 11) is 0. The highest BCUT2D eigenvalue weighted by molar-refractivity contribution is 6.53. The number of benzene rings is 2. The van der Waals surface area contributed by atoms with Crippen molar-refractivity contribution in [1.82, 2.24) is 9.78 Å². The van der Waals surface area contributed by atoms with E-state index in [1.807, 2.05) is 63.4 Å². The number of hydrogen-bond acceptors (Lipinski definition) is 3. The molecule has 1 aliphatic rings. The molecule has 0 atom stereocenters. The standard InChI is InChI=1S/C29H26N4O3/c1-5-21-10-9-15-31(17-21)26-25(27(34)32(29(26)36)22-11-7-6-8-12-22)24-20(4)30-33(28(24)35)23-14-13-18(2)16-19(23)3/h6-17H,5H2,1-4H3/p+1. The van der Waals surface area contributed by atoms with E-state index in [4.69, 9.17) is 0 Å². The van der Waals surface area contributed by atoms with Gasteiger partial charge in [0.05, 0.1) is 16.9 Å². The Morgan fingerprint density at radius 3 is 2.33 bits per heavy atom. The van der Waals surface area contributed by atoms with Crippen molar-refractivity contribution < 1.29 is 14.2 Å². The van der Waals surface area contributed by atoms with Crippen LogP contribution in [0.1, 0.15) is 34.9 Å². The number of pyridine rings is 1. The van der Waals surface area contributed by atoms with E-state index < -0.39 is 11.8 Å². The maximum Gasteiger partial charge on any atom is 0.331 e. The summed E-state index contributed by atoms with van der Waals surface area (Å²) in [4.78, 5) is 42.6. The Bertz CT molecular complexity index is 1610. The summed E-state index contributed by atoms with van der Waals surface area (Å²) in [6.45, 7) is 7.69. The fourth-order valence-corrected chi connectivity index (χ4v) is 4.73. The first-order chi connectivity index (χ1) is 17.3. The number of aromatic nitrogens is 3. The summed E-state index contributed by atoms with van der Waals surface area (Å²) in [6.07, 6.45) is 4.33. The van der Waals surface area contributed by atoms with Gasteiger partial charge in [0.25, 0.3) is 17.2 Å². The van der Waals surface area contributed by atoms with Crippen LogP contribution in [0, 0.1) is 20.8 Å². The molecular formula is C29H27N4O3+. The molecule has 1 aliphatic heterocycles. The lowest BCUT2D eigenvalue weighted by Crippen LogP contribution is -2.40. The fraction of sp³-hybridized carbons (Fsp3) is 0.172. The Morgan fingerprint density at radius 2 is 1.64 bits per heavy atom. The van der Waals surface area contributed by atoms with Crippen LogP contribution in [0.25, 0.3) is 17.0 Å². The van der Waals surface area contributed by atoms with E-state index >= 15 is 0 Å². The molecule has 36 heavy (non-hydrogen) atoms. The van der Waals surface area contributed by atoms with Gasteiger partial charge in [-0.05, 0) is 57.0 Å². The molecular weight excluding hydrogens is 452 g/mol. The Labute approximate surface area is 208 Å². The summed E-state index contributed by atoms with van der Waals surface area (Å²) in [5.41, 5.74) is 4.72. The van der Waals surface area contributed by atoms with E-state index in [1.165, 1.54) is 4.68 Å². The molecule has 0 bridgehead atoms. The molecule has 0 saturated carbocycles. The van der Waals surface area contributed by atoms with E-state index in [9.17, 15) is 14.4 Å². The Kier molecular flexibility index (Phi) is 5.76. The molecule has 0 radical (unpaired) electrons. The smallest absolute Gasteiger partial charge is 0.295 e. The highest BCUT2D eigenvalue weighted by Crippen LogP contribution is 2.33. The van der Waals surface area contributed by atoms with E-state index in [1.54, 1.807) is 42.0 Å². The van der Waals surface area contributed by atoms with E-state index in [0.29, 0.717) is 17.1 Å². The number of nitrogens with one attached hydrogen (secondary N) is 1. The lowest BCUT2D eigenvalue weighted by atomic mass is 10.0. The third-order valence-electron chi connectivity index (χ3n) is 6.52. The van der Waals surface area contributed by atoms with Crippen LogP contribution in [-0.2, 0) is 16.0 Å². The molecule has 1 N–H and O–H groups in total. The number of carbonyl (C=O) groups excluding carboxylic acids is 2. The van der Waals surface area contributed by atoms with Crippen LogP contribution in [0.5, 0.6) is 0 Å². The summed E-state index contributed by atoms with van der Waals surface area (Å²) in [5.74, 6) is -1.000. The normalized spacial score (nSPS) is 13.7. The molecule has 2 aromatic heterocycles. The van der Waals surface area contributed by atoms with E-state index in [2.05, 4.69) is 5.10 Å². The minimum atomic E-state index is -0.525. The second kappa shape index (κ2) is 8.92. The maximum atomic E-state index is 13.9. The monoisotopic (exact) mass is 479 g/mol.